The normalized spacial score (nSPS) is 19.2. The Morgan fingerprint density at radius 1 is 0.895 bits per heavy atom. The van der Waals surface area contributed by atoms with Gasteiger partial charge in [0.05, 0.1) is 12.2 Å². The van der Waals surface area contributed by atoms with E-state index in [0.29, 0.717) is 59.9 Å². The number of Topliss-reactive ketones (excluding diaryl/α,β-unsaturated/α-hetero) is 1. The van der Waals surface area contributed by atoms with E-state index in [0.717, 1.165) is 11.4 Å². The Hall–Kier alpha value is -4.50. The number of hydrogen-bond donors (Lipinski definition) is 3. The van der Waals surface area contributed by atoms with Crippen molar-refractivity contribution in [2.45, 2.75) is 17.6 Å². The summed E-state index contributed by atoms with van der Waals surface area (Å²) in [5.74, 6) is -0.176. The predicted octanol–water partition coefficient (Wildman–Crippen LogP) is 1.45. The summed E-state index contributed by atoms with van der Waals surface area (Å²) in [6.45, 7) is 1.98. The number of β-amino-alcohol motifs (C(OH)–C–C–N with tert-alkyl or cyclic N) is 2. The topological polar surface area (TPSA) is 153 Å². The maximum atomic E-state index is 13.6. The standard InChI is InChI=1S/C28H23N5O5/c29-27(37)14-1-4-19-22(7-14)28(26(31-30)25(19)36)20-5-2-15(32-10-17(34)11-32)8-23(20)38-24-9-16(3-6-21(24)28)33-12-18(35)13-33/h1-9,17-18,34-35H,10-13H2,(H2,29,37). The fraction of sp³-hybridized carbons (Fsp3) is 0.250. The Morgan fingerprint density at radius 3 is 1.92 bits per heavy atom. The number of aliphatic hydroxyl groups excluding tert-OH is 2. The van der Waals surface area contributed by atoms with Crippen LogP contribution in [0.3, 0.4) is 0 Å². The Labute approximate surface area is 217 Å². The minimum absolute atomic E-state index is 0.0980. The Kier molecular flexibility index (Phi) is 4.63. The van der Waals surface area contributed by atoms with E-state index in [1.54, 1.807) is 6.07 Å². The number of benzene rings is 3. The van der Waals surface area contributed by atoms with Crippen LogP contribution in [0.2, 0.25) is 0 Å². The molecule has 0 unspecified atom stereocenters. The molecule has 0 aromatic heterocycles. The van der Waals surface area contributed by atoms with E-state index in [1.165, 1.54) is 12.1 Å². The molecule has 190 valence electrons. The van der Waals surface area contributed by atoms with E-state index in [4.69, 9.17) is 10.5 Å². The number of primary amides is 1. The van der Waals surface area contributed by atoms with Crippen LogP contribution in [0.15, 0.2) is 54.6 Å². The second-order valence-corrected chi connectivity index (χ2v) is 10.2. The summed E-state index contributed by atoms with van der Waals surface area (Å²) >= 11 is 0. The highest BCUT2D eigenvalue weighted by molar-refractivity contribution is 6.52. The number of nitrogens with zero attached hydrogens (tertiary/aromatic N) is 4. The molecule has 1 amide bonds. The minimum atomic E-state index is -1.35. The number of ether oxygens (including phenoxy) is 1. The Balaban J connectivity index is 1.50. The maximum absolute atomic E-state index is 13.6. The van der Waals surface area contributed by atoms with E-state index >= 15 is 0 Å². The SMILES string of the molecule is [N-]=[N+]=C1C(=O)c2ccc(C(N)=O)cc2C12c1ccc(N3CC(O)C3)cc1Oc1cc(N3CC(O)C3)ccc12. The number of anilines is 2. The van der Waals surface area contributed by atoms with Crippen LogP contribution in [0.25, 0.3) is 5.53 Å². The molecule has 1 aliphatic carbocycles. The zero-order valence-electron chi connectivity index (χ0n) is 20.2. The van der Waals surface area contributed by atoms with Crippen molar-refractivity contribution in [1.29, 1.82) is 0 Å². The van der Waals surface area contributed by atoms with Crippen LogP contribution in [0.5, 0.6) is 11.5 Å². The van der Waals surface area contributed by atoms with E-state index < -0.39 is 29.3 Å². The molecule has 0 saturated carbocycles. The van der Waals surface area contributed by atoms with Crippen molar-refractivity contribution in [3.8, 4) is 11.5 Å². The van der Waals surface area contributed by atoms with Crippen molar-refractivity contribution in [3.63, 3.8) is 0 Å². The van der Waals surface area contributed by atoms with E-state index in [9.17, 15) is 25.3 Å². The van der Waals surface area contributed by atoms with Gasteiger partial charge in [0, 0.05) is 71.9 Å². The van der Waals surface area contributed by atoms with Crippen LogP contribution in [-0.2, 0) is 5.41 Å². The maximum Gasteiger partial charge on any atom is 0.358 e. The number of ketones is 1. The van der Waals surface area contributed by atoms with Crippen LogP contribution in [0.1, 0.15) is 37.4 Å². The van der Waals surface area contributed by atoms with Crippen molar-refractivity contribution in [1.82, 2.24) is 0 Å². The average molecular weight is 510 g/mol. The molecule has 0 atom stereocenters. The monoisotopic (exact) mass is 509 g/mol. The molecule has 10 nitrogen and oxygen atoms in total. The van der Waals surface area contributed by atoms with Gasteiger partial charge in [0.1, 0.15) is 11.5 Å². The van der Waals surface area contributed by atoms with Crippen LogP contribution in [0.4, 0.5) is 11.4 Å². The lowest BCUT2D eigenvalue weighted by atomic mass is 9.67. The molecule has 4 N–H and O–H groups in total. The van der Waals surface area contributed by atoms with Crippen molar-refractivity contribution in [3.05, 3.63) is 87.9 Å². The van der Waals surface area contributed by atoms with Gasteiger partial charge in [0.25, 0.3) is 5.78 Å². The number of amides is 1. The second kappa shape index (κ2) is 7.75. The molecule has 3 aliphatic heterocycles. The van der Waals surface area contributed by atoms with E-state index in [1.807, 2.05) is 46.2 Å². The number of rotatable bonds is 3. The minimum Gasteiger partial charge on any atom is -0.457 e. The molecule has 7 rings (SSSR count). The molecular weight excluding hydrogens is 486 g/mol. The zero-order chi connectivity index (χ0) is 26.3. The summed E-state index contributed by atoms with van der Waals surface area (Å²) < 4.78 is 6.44. The first-order chi connectivity index (χ1) is 18.3. The van der Waals surface area contributed by atoms with Crippen molar-refractivity contribution in [2.75, 3.05) is 36.0 Å². The molecule has 38 heavy (non-hydrogen) atoms. The first kappa shape index (κ1) is 22.7. The van der Waals surface area contributed by atoms with Crippen molar-refractivity contribution < 1.29 is 29.3 Å². The second-order valence-electron chi connectivity index (χ2n) is 10.2. The zero-order valence-corrected chi connectivity index (χ0v) is 20.2. The van der Waals surface area contributed by atoms with Crippen molar-refractivity contribution in [2.24, 2.45) is 5.73 Å². The number of carbonyl (C=O) groups excluding carboxylic acids is 2. The van der Waals surface area contributed by atoms with Gasteiger partial charge in [-0.25, -0.2) is 0 Å². The molecule has 1 spiro atoms. The van der Waals surface area contributed by atoms with Gasteiger partial charge in [-0.15, -0.1) is 0 Å². The first-order valence-electron chi connectivity index (χ1n) is 12.4. The van der Waals surface area contributed by atoms with Gasteiger partial charge in [0.15, 0.2) is 5.41 Å². The number of fused-ring (bicyclic) bond motifs is 6. The molecule has 3 aromatic carbocycles. The summed E-state index contributed by atoms with van der Waals surface area (Å²) in [5.41, 5.74) is 18.3. The van der Waals surface area contributed by atoms with Gasteiger partial charge in [-0.3, -0.25) is 9.59 Å². The molecule has 10 heteroatoms. The van der Waals surface area contributed by atoms with Gasteiger partial charge < -0.3 is 36.0 Å². The lowest BCUT2D eigenvalue weighted by Crippen LogP contribution is -2.51. The average Bonchev–Trinajstić information content (AvgIpc) is 3.12. The van der Waals surface area contributed by atoms with Gasteiger partial charge in [-0.1, -0.05) is 12.1 Å². The highest BCUT2D eigenvalue weighted by Gasteiger charge is 2.62. The first-order valence-corrected chi connectivity index (χ1v) is 12.4. The third kappa shape index (κ3) is 2.90. The fourth-order valence-electron chi connectivity index (χ4n) is 6.10. The fourth-order valence-corrected chi connectivity index (χ4v) is 6.10. The van der Waals surface area contributed by atoms with Crippen LogP contribution in [0, 0.1) is 0 Å². The quantitative estimate of drug-likeness (QED) is 0.357. The number of carbonyl (C=O) groups is 2. The highest BCUT2D eigenvalue weighted by atomic mass is 16.5. The molecule has 2 saturated heterocycles. The summed E-state index contributed by atoms with van der Waals surface area (Å²) in [4.78, 5) is 33.3. The van der Waals surface area contributed by atoms with Crippen LogP contribution >= 0.6 is 0 Å². The summed E-state index contributed by atoms with van der Waals surface area (Å²) in [5, 5.41) is 19.6. The summed E-state index contributed by atoms with van der Waals surface area (Å²) in [6.07, 6.45) is -0.790. The molecular formula is C28H23N5O5. The third-order valence-corrected chi connectivity index (χ3v) is 8.04. The molecule has 3 heterocycles. The lowest BCUT2D eigenvalue weighted by Gasteiger charge is -2.41. The Bertz CT molecular complexity index is 1550. The number of hydrogen-bond acceptors (Lipinski definition) is 7. The Morgan fingerprint density at radius 2 is 1.45 bits per heavy atom. The number of nitrogens with two attached hydrogens (primary N) is 1. The van der Waals surface area contributed by atoms with E-state index in [-0.39, 0.29) is 11.3 Å². The van der Waals surface area contributed by atoms with Gasteiger partial charge in [-0.2, -0.15) is 4.79 Å². The number of aliphatic hydroxyl groups is 2. The molecule has 0 radical (unpaired) electrons. The summed E-state index contributed by atoms with van der Waals surface area (Å²) in [7, 11) is 0. The predicted molar refractivity (Wildman–Crippen MR) is 137 cm³/mol. The van der Waals surface area contributed by atoms with Crippen molar-refractivity contribution >= 4 is 28.8 Å². The molecule has 2 fully saturated rings. The van der Waals surface area contributed by atoms with Gasteiger partial charge in [-0.05, 0) is 35.9 Å². The van der Waals surface area contributed by atoms with Crippen LogP contribution in [-0.4, -0.2) is 70.8 Å². The molecule has 4 aliphatic rings. The molecule has 3 aromatic rings. The van der Waals surface area contributed by atoms with Gasteiger partial charge in [0.2, 0.25) is 5.91 Å². The largest absolute Gasteiger partial charge is 0.457 e. The smallest absolute Gasteiger partial charge is 0.358 e. The summed E-state index contributed by atoms with van der Waals surface area (Å²) in [6, 6.07) is 15.8. The molecule has 0 bridgehead atoms. The van der Waals surface area contributed by atoms with E-state index in [2.05, 4.69) is 4.79 Å². The highest BCUT2D eigenvalue weighted by Crippen LogP contribution is 2.57. The third-order valence-electron chi connectivity index (χ3n) is 8.04. The lowest BCUT2D eigenvalue weighted by molar-refractivity contribution is -0.0118. The van der Waals surface area contributed by atoms with Gasteiger partial charge >= 0.3 is 5.71 Å². The van der Waals surface area contributed by atoms with Crippen LogP contribution < -0.4 is 20.3 Å².